The summed E-state index contributed by atoms with van der Waals surface area (Å²) in [6.07, 6.45) is 0. The SMILES string of the molecule is c1ccc2c(c1)Oc1ccccc1C21c2ccccc2Oc2cc(-c3nc(-n4c5ccccc5c5ccccc54)nc(-n4c5ccccc5c5ccccc54)n3)ccc21. The third kappa shape index (κ3) is 4.38. The molecule has 1 spiro atoms. The second-order valence-corrected chi connectivity index (χ2v) is 15.2. The van der Waals surface area contributed by atoms with E-state index in [4.69, 9.17) is 24.4 Å². The molecule has 0 radical (unpaired) electrons. The molecule has 0 bridgehead atoms. The molecule has 8 aromatic carbocycles. The van der Waals surface area contributed by atoms with E-state index in [9.17, 15) is 0 Å². The van der Waals surface area contributed by atoms with Gasteiger partial charge in [0.25, 0.3) is 0 Å². The van der Waals surface area contributed by atoms with E-state index in [0.29, 0.717) is 17.7 Å². The number of rotatable bonds is 3. The average Bonchev–Trinajstić information content (AvgIpc) is 3.82. The highest BCUT2D eigenvalue weighted by molar-refractivity contribution is 6.10. The lowest BCUT2D eigenvalue weighted by atomic mass is 9.62. The summed E-state index contributed by atoms with van der Waals surface area (Å²) in [7, 11) is 0. The van der Waals surface area contributed by atoms with Crippen LogP contribution in [0.25, 0.3) is 66.9 Å². The minimum Gasteiger partial charge on any atom is -0.457 e. The molecule has 0 aliphatic carbocycles. The lowest BCUT2D eigenvalue weighted by Crippen LogP contribution is -2.36. The second kappa shape index (κ2) is 12.0. The van der Waals surface area contributed by atoms with Gasteiger partial charge in [0, 0.05) is 49.4 Å². The van der Waals surface area contributed by atoms with Gasteiger partial charge in [-0.15, -0.1) is 0 Å². The Balaban J connectivity index is 1.10. The number of aromatic nitrogens is 5. The number of hydrogen-bond donors (Lipinski definition) is 0. The Bertz CT molecular complexity index is 3240. The summed E-state index contributed by atoms with van der Waals surface area (Å²) in [6, 6.07) is 65.1. The van der Waals surface area contributed by atoms with E-state index in [1.54, 1.807) is 0 Å². The molecule has 13 rings (SSSR count). The van der Waals surface area contributed by atoms with Crippen molar-refractivity contribution < 1.29 is 9.47 Å². The van der Waals surface area contributed by atoms with Crippen LogP contribution in [0, 0.1) is 0 Å². The number of benzene rings is 8. The molecule has 2 aliphatic rings. The standard InChI is InChI=1S/C52H31N5O2/c1-8-22-41-33(15-1)34-16-2-9-23-42(34)56(41)50-53-49(54-51(55-50)57-43-24-10-3-17-35(43)36-18-4-11-25-44(36)57)32-29-30-40-48(31-32)59-47-28-14-7-21-39(47)52(40)37-19-5-12-26-45(37)58-46-27-13-6-20-38(46)52/h1-31H. The highest BCUT2D eigenvalue weighted by Gasteiger charge is 2.50. The number of fused-ring (bicyclic) bond motifs is 14. The molecule has 0 fully saturated rings. The van der Waals surface area contributed by atoms with Crippen molar-refractivity contribution >= 4 is 43.6 Å². The van der Waals surface area contributed by atoms with Crippen LogP contribution in [-0.4, -0.2) is 24.1 Å². The zero-order chi connectivity index (χ0) is 38.7. The minimum absolute atomic E-state index is 0.525. The van der Waals surface area contributed by atoms with Crippen LogP contribution < -0.4 is 9.47 Å². The van der Waals surface area contributed by atoms with Crippen molar-refractivity contribution in [3.63, 3.8) is 0 Å². The van der Waals surface area contributed by atoms with Crippen LogP contribution in [0.15, 0.2) is 188 Å². The van der Waals surface area contributed by atoms with Crippen molar-refractivity contribution in [2.45, 2.75) is 5.41 Å². The molecule has 0 N–H and O–H groups in total. The van der Waals surface area contributed by atoms with E-state index in [2.05, 4.69) is 179 Å². The Hall–Kier alpha value is -8.03. The Labute approximate surface area is 338 Å². The monoisotopic (exact) mass is 757 g/mol. The van der Waals surface area contributed by atoms with Crippen molar-refractivity contribution in [3.05, 3.63) is 210 Å². The van der Waals surface area contributed by atoms with Crippen LogP contribution in [0.4, 0.5) is 0 Å². The summed E-state index contributed by atoms with van der Waals surface area (Å²) in [5.74, 6) is 4.74. The third-order valence-electron chi connectivity index (χ3n) is 12.1. The molecular formula is C52H31N5O2. The first-order valence-electron chi connectivity index (χ1n) is 19.8. The second-order valence-electron chi connectivity index (χ2n) is 15.2. The van der Waals surface area contributed by atoms with Crippen LogP contribution >= 0.6 is 0 Å². The predicted octanol–water partition coefficient (Wildman–Crippen LogP) is 12.3. The van der Waals surface area contributed by atoms with Crippen LogP contribution in [-0.2, 0) is 5.41 Å². The molecule has 3 aromatic heterocycles. The van der Waals surface area contributed by atoms with Gasteiger partial charge in [-0.05, 0) is 48.5 Å². The maximum Gasteiger partial charge on any atom is 0.240 e. The lowest BCUT2D eigenvalue weighted by molar-refractivity contribution is 0.399. The molecule has 0 saturated carbocycles. The lowest BCUT2D eigenvalue weighted by Gasteiger charge is -2.44. The fourth-order valence-corrected chi connectivity index (χ4v) is 9.72. The molecule has 0 unspecified atom stereocenters. The highest BCUT2D eigenvalue weighted by atomic mass is 16.5. The largest absolute Gasteiger partial charge is 0.457 e. The van der Waals surface area contributed by atoms with Gasteiger partial charge in [-0.3, -0.25) is 9.13 Å². The average molecular weight is 758 g/mol. The third-order valence-corrected chi connectivity index (χ3v) is 12.1. The number of hydrogen-bond acceptors (Lipinski definition) is 5. The van der Waals surface area contributed by atoms with Gasteiger partial charge in [-0.2, -0.15) is 15.0 Å². The van der Waals surface area contributed by atoms with E-state index < -0.39 is 5.41 Å². The van der Waals surface area contributed by atoms with Crippen LogP contribution in [0.5, 0.6) is 23.0 Å². The topological polar surface area (TPSA) is 67.0 Å². The van der Waals surface area contributed by atoms with E-state index in [1.165, 1.54) is 0 Å². The number of para-hydroxylation sites is 7. The fraction of sp³-hybridized carbons (Fsp3) is 0.0192. The van der Waals surface area contributed by atoms with Gasteiger partial charge in [0.05, 0.1) is 27.5 Å². The molecule has 11 aromatic rings. The maximum absolute atomic E-state index is 6.91. The molecule has 7 heteroatoms. The minimum atomic E-state index is -0.699. The van der Waals surface area contributed by atoms with Gasteiger partial charge >= 0.3 is 0 Å². The quantitative estimate of drug-likeness (QED) is 0.180. The summed E-state index contributed by atoms with van der Waals surface area (Å²) in [5.41, 5.74) is 8.37. The van der Waals surface area contributed by atoms with Gasteiger partial charge in [-0.1, -0.05) is 140 Å². The Morgan fingerprint density at radius 1 is 0.339 bits per heavy atom. The van der Waals surface area contributed by atoms with Gasteiger partial charge in [0.1, 0.15) is 23.0 Å². The molecule has 0 amide bonds. The Morgan fingerprint density at radius 3 is 1.14 bits per heavy atom. The summed E-state index contributed by atoms with van der Waals surface area (Å²) in [4.78, 5) is 16.0. The molecule has 59 heavy (non-hydrogen) atoms. The van der Waals surface area contributed by atoms with Crippen molar-refractivity contribution in [2.24, 2.45) is 0 Å². The first kappa shape index (κ1) is 32.1. The highest BCUT2D eigenvalue weighted by Crippen LogP contribution is 2.61. The molecule has 276 valence electrons. The summed E-state index contributed by atoms with van der Waals surface area (Å²) >= 11 is 0. The van der Waals surface area contributed by atoms with E-state index in [0.717, 1.165) is 94.4 Å². The number of ether oxygens (including phenoxy) is 2. The van der Waals surface area contributed by atoms with E-state index in [1.807, 2.05) is 18.2 Å². The first-order valence-corrected chi connectivity index (χ1v) is 19.8. The molecule has 7 nitrogen and oxygen atoms in total. The van der Waals surface area contributed by atoms with Crippen LogP contribution in [0.3, 0.4) is 0 Å². The van der Waals surface area contributed by atoms with Crippen molar-refractivity contribution in [1.82, 2.24) is 24.1 Å². The molecule has 5 heterocycles. The summed E-state index contributed by atoms with van der Waals surface area (Å²) < 4.78 is 17.8. The molecular weight excluding hydrogens is 727 g/mol. The van der Waals surface area contributed by atoms with E-state index in [-0.39, 0.29) is 0 Å². The van der Waals surface area contributed by atoms with Gasteiger partial charge in [0.2, 0.25) is 11.9 Å². The molecule has 2 aliphatic heterocycles. The fourth-order valence-electron chi connectivity index (χ4n) is 9.72. The van der Waals surface area contributed by atoms with Crippen molar-refractivity contribution in [2.75, 3.05) is 0 Å². The van der Waals surface area contributed by atoms with Crippen molar-refractivity contribution in [1.29, 1.82) is 0 Å². The Kier molecular flexibility index (Phi) is 6.52. The summed E-state index contributed by atoms with van der Waals surface area (Å²) in [5, 5.41) is 4.52. The van der Waals surface area contributed by atoms with Crippen LogP contribution in [0.2, 0.25) is 0 Å². The van der Waals surface area contributed by atoms with Gasteiger partial charge in [-0.25, -0.2) is 0 Å². The normalized spacial score (nSPS) is 13.5. The molecule has 0 saturated heterocycles. The van der Waals surface area contributed by atoms with Gasteiger partial charge < -0.3 is 9.47 Å². The smallest absolute Gasteiger partial charge is 0.240 e. The number of nitrogens with zero attached hydrogens (tertiary/aromatic N) is 5. The zero-order valence-corrected chi connectivity index (χ0v) is 31.5. The molecule has 0 atom stereocenters. The summed E-state index contributed by atoms with van der Waals surface area (Å²) in [6.45, 7) is 0. The van der Waals surface area contributed by atoms with E-state index >= 15 is 0 Å². The zero-order valence-electron chi connectivity index (χ0n) is 31.5. The van der Waals surface area contributed by atoms with Gasteiger partial charge in [0.15, 0.2) is 5.82 Å². The first-order chi connectivity index (χ1) is 29.3. The van der Waals surface area contributed by atoms with Crippen LogP contribution in [0.1, 0.15) is 22.3 Å². The Morgan fingerprint density at radius 2 is 0.695 bits per heavy atom. The maximum atomic E-state index is 6.91. The van der Waals surface area contributed by atoms with Crippen molar-refractivity contribution in [3.8, 4) is 46.3 Å². The predicted molar refractivity (Wildman–Crippen MR) is 232 cm³/mol.